The zero-order valence-electron chi connectivity index (χ0n) is 12.7. The first kappa shape index (κ1) is 16.3. The van der Waals surface area contributed by atoms with E-state index in [1.54, 1.807) is 19.2 Å². The first-order valence-corrected chi connectivity index (χ1v) is 6.75. The Kier molecular flexibility index (Phi) is 5.82. The first-order chi connectivity index (χ1) is 9.31. The summed E-state index contributed by atoms with van der Waals surface area (Å²) in [5.74, 6) is 0.627. The van der Waals surface area contributed by atoms with Crippen LogP contribution >= 0.6 is 0 Å². The molecule has 1 aromatic carbocycles. The summed E-state index contributed by atoms with van der Waals surface area (Å²) in [6.45, 7) is 6.82. The third kappa shape index (κ3) is 5.93. The monoisotopic (exact) mass is 279 g/mol. The molecular formula is C15H25N3O2. The number of nitrogens with one attached hydrogen (secondary N) is 2. The molecule has 4 N–H and O–H groups in total. The Morgan fingerprint density at radius 3 is 2.60 bits per heavy atom. The second-order valence-electron chi connectivity index (χ2n) is 6.06. The molecule has 1 atom stereocenters. The predicted molar refractivity (Wildman–Crippen MR) is 82.1 cm³/mol. The summed E-state index contributed by atoms with van der Waals surface area (Å²) in [4.78, 5) is 11.8. The lowest BCUT2D eigenvalue weighted by Crippen LogP contribution is -2.41. The Labute approximate surface area is 120 Å². The third-order valence-electron chi connectivity index (χ3n) is 2.75. The molecule has 0 radical (unpaired) electrons. The number of rotatable bonds is 5. The van der Waals surface area contributed by atoms with Crippen LogP contribution in [0.3, 0.4) is 0 Å². The highest BCUT2D eigenvalue weighted by atomic mass is 16.5. The van der Waals surface area contributed by atoms with E-state index in [-0.39, 0.29) is 17.5 Å². The van der Waals surface area contributed by atoms with Gasteiger partial charge in [0.1, 0.15) is 5.75 Å². The Balaban J connectivity index is 2.44. The Bertz CT molecular complexity index is 441. The van der Waals surface area contributed by atoms with Crippen molar-refractivity contribution < 1.29 is 9.53 Å². The van der Waals surface area contributed by atoms with Gasteiger partial charge in [-0.25, -0.2) is 4.79 Å². The van der Waals surface area contributed by atoms with Crippen molar-refractivity contribution in [1.29, 1.82) is 0 Å². The number of amides is 2. The summed E-state index contributed by atoms with van der Waals surface area (Å²) in [5, 5.41) is 5.52. The van der Waals surface area contributed by atoms with E-state index in [9.17, 15) is 4.79 Å². The summed E-state index contributed by atoms with van der Waals surface area (Å²) in [6, 6.07) is 6.93. The summed E-state index contributed by atoms with van der Waals surface area (Å²) >= 11 is 0. The Hall–Kier alpha value is -1.75. The van der Waals surface area contributed by atoms with Crippen molar-refractivity contribution in [2.45, 2.75) is 33.2 Å². The minimum Gasteiger partial charge on any atom is -0.495 e. The van der Waals surface area contributed by atoms with Gasteiger partial charge in [-0.15, -0.1) is 0 Å². The number of nitrogens with two attached hydrogens (primary N) is 1. The molecule has 0 fully saturated rings. The molecule has 0 spiro atoms. The summed E-state index contributed by atoms with van der Waals surface area (Å²) in [6.07, 6.45) is 0.849. The molecule has 1 aromatic rings. The molecule has 20 heavy (non-hydrogen) atoms. The number of anilines is 1. The SMILES string of the molecule is COc1ccccc1NC(=O)NCC(N)CC(C)(C)C. The molecule has 0 heterocycles. The zero-order chi connectivity index (χ0) is 15.2. The number of hydrogen-bond donors (Lipinski definition) is 3. The molecule has 0 aromatic heterocycles. The summed E-state index contributed by atoms with van der Waals surface area (Å²) in [7, 11) is 1.57. The molecule has 0 saturated carbocycles. The lowest BCUT2D eigenvalue weighted by atomic mass is 9.88. The summed E-state index contributed by atoms with van der Waals surface area (Å²) in [5.41, 5.74) is 6.78. The minimum atomic E-state index is -0.279. The zero-order valence-corrected chi connectivity index (χ0v) is 12.7. The van der Waals surface area contributed by atoms with Crippen LogP contribution in [0.25, 0.3) is 0 Å². The van der Waals surface area contributed by atoms with Crippen molar-refractivity contribution >= 4 is 11.7 Å². The van der Waals surface area contributed by atoms with Crippen molar-refractivity contribution in [2.24, 2.45) is 11.1 Å². The van der Waals surface area contributed by atoms with Crippen LogP contribution in [0.5, 0.6) is 5.75 Å². The molecule has 0 aliphatic heterocycles. The van der Waals surface area contributed by atoms with Gasteiger partial charge in [0.15, 0.2) is 0 Å². The van der Waals surface area contributed by atoms with Crippen LogP contribution < -0.4 is 21.1 Å². The van der Waals surface area contributed by atoms with E-state index in [0.717, 1.165) is 6.42 Å². The van der Waals surface area contributed by atoms with Crippen LogP contribution in [0, 0.1) is 5.41 Å². The maximum atomic E-state index is 11.8. The Morgan fingerprint density at radius 1 is 1.35 bits per heavy atom. The second-order valence-corrected chi connectivity index (χ2v) is 6.06. The molecule has 1 unspecified atom stereocenters. The molecule has 5 heteroatoms. The molecule has 0 aliphatic carbocycles. The molecule has 0 aliphatic rings. The topological polar surface area (TPSA) is 76.4 Å². The van der Waals surface area contributed by atoms with E-state index in [2.05, 4.69) is 31.4 Å². The van der Waals surface area contributed by atoms with Crippen LogP contribution in [0.4, 0.5) is 10.5 Å². The number of urea groups is 1. The second kappa shape index (κ2) is 7.14. The number of para-hydroxylation sites is 2. The predicted octanol–water partition coefficient (Wildman–Crippen LogP) is 2.58. The number of carbonyl (C=O) groups is 1. The van der Waals surface area contributed by atoms with Gasteiger partial charge in [0, 0.05) is 12.6 Å². The van der Waals surface area contributed by atoms with Gasteiger partial charge in [0.05, 0.1) is 12.8 Å². The van der Waals surface area contributed by atoms with Gasteiger partial charge in [-0.05, 0) is 24.0 Å². The number of methoxy groups -OCH3 is 1. The van der Waals surface area contributed by atoms with E-state index in [0.29, 0.717) is 18.0 Å². The molecule has 5 nitrogen and oxygen atoms in total. The van der Waals surface area contributed by atoms with E-state index in [1.165, 1.54) is 0 Å². The van der Waals surface area contributed by atoms with Gasteiger partial charge < -0.3 is 21.1 Å². The van der Waals surface area contributed by atoms with Crippen LogP contribution in [-0.4, -0.2) is 25.7 Å². The lowest BCUT2D eigenvalue weighted by Gasteiger charge is -2.23. The quantitative estimate of drug-likeness (QED) is 0.775. The van der Waals surface area contributed by atoms with E-state index in [1.807, 2.05) is 12.1 Å². The fourth-order valence-electron chi connectivity index (χ4n) is 2.00. The average Bonchev–Trinajstić information content (AvgIpc) is 2.35. The first-order valence-electron chi connectivity index (χ1n) is 6.75. The van der Waals surface area contributed by atoms with Gasteiger partial charge in [-0.1, -0.05) is 32.9 Å². The number of ether oxygens (including phenoxy) is 1. The van der Waals surface area contributed by atoms with E-state index in [4.69, 9.17) is 10.5 Å². The van der Waals surface area contributed by atoms with Gasteiger partial charge >= 0.3 is 6.03 Å². The van der Waals surface area contributed by atoms with Gasteiger partial charge in [0.25, 0.3) is 0 Å². The fourth-order valence-corrected chi connectivity index (χ4v) is 2.00. The van der Waals surface area contributed by atoms with Crippen LogP contribution in [0.1, 0.15) is 27.2 Å². The number of hydrogen-bond acceptors (Lipinski definition) is 3. The maximum Gasteiger partial charge on any atom is 0.319 e. The van der Waals surface area contributed by atoms with Crippen LogP contribution in [0.2, 0.25) is 0 Å². The molecule has 0 bridgehead atoms. The van der Waals surface area contributed by atoms with Crippen molar-refractivity contribution in [2.75, 3.05) is 19.0 Å². The van der Waals surface area contributed by atoms with Crippen LogP contribution in [0.15, 0.2) is 24.3 Å². The van der Waals surface area contributed by atoms with Gasteiger partial charge in [-0.3, -0.25) is 0 Å². The molecule has 1 rings (SSSR count). The van der Waals surface area contributed by atoms with Gasteiger partial charge in [-0.2, -0.15) is 0 Å². The Morgan fingerprint density at radius 2 is 2.00 bits per heavy atom. The van der Waals surface area contributed by atoms with Crippen molar-refractivity contribution in [3.63, 3.8) is 0 Å². The number of benzene rings is 1. The normalized spacial score (nSPS) is 12.7. The van der Waals surface area contributed by atoms with Gasteiger partial charge in [0.2, 0.25) is 0 Å². The standard InChI is InChI=1S/C15H25N3O2/c1-15(2,3)9-11(16)10-17-14(19)18-12-7-5-6-8-13(12)20-4/h5-8,11H,9-10,16H2,1-4H3,(H2,17,18,19). The molecular weight excluding hydrogens is 254 g/mol. The van der Waals surface area contributed by atoms with Crippen molar-refractivity contribution in [3.05, 3.63) is 24.3 Å². The highest BCUT2D eigenvalue weighted by molar-refractivity contribution is 5.90. The van der Waals surface area contributed by atoms with Crippen LogP contribution in [-0.2, 0) is 0 Å². The molecule has 2 amide bonds. The highest BCUT2D eigenvalue weighted by Gasteiger charge is 2.16. The van der Waals surface area contributed by atoms with E-state index >= 15 is 0 Å². The third-order valence-corrected chi connectivity index (χ3v) is 2.75. The van der Waals surface area contributed by atoms with E-state index < -0.39 is 0 Å². The fraction of sp³-hybridized carbons (Fsp3) is 0.533. The van der Waals surface area contributed by atoms with Crippen molar-refractivity contribution in [1.82, 2.24) is 5.32 Å². The number of carbonyl (C=O) groups excluding carboxylic acids is 1. The van der Waals surface area contributed by atoms with Crippen molar-refractivity contribution in [3.8, 4) is 5.75 Å². The minimum absolute atomic E-state index is 0.0570. The smallest absolute Gasteiger partial charge is 0.319 e. The highest BCUT2D eigenvalue weighted by Crippen LogP contribution is 2.23. The molecule has 0 saturated heterocycles. The maximum absolute atomic E-state index is 11.8. The average molecular weight is 279 g/mol. The molecule has 112 valence electrons. The largest absolute Gasteiger partial charge is 0.495 e. The lowest BCUT2D eigenvalue weighted by molar-refractivity contribution is 0.249. The summed E-state index contributed by atoms with van der Waals surface area (Å²) < 4.78 is 5.17.